The van der Waals surface area contributed by atoms with Gasteiger partial charge in [-0.05, 0) is 73.3 Å². The minimum Gasteiger partial charge on any atom is -0.496 e. The highest BCUT2D eigenvalue weighted by atomic mass is 16.5. The van der Waals surface area contributed by atoms with E-state index in [4.69, 9.17) is 25.9 Å². The number of aromatic nitrogens is 3. The first-order chi connectivity index (χ1) is 18.4. The summed E-state index contributed by atoms with van der Waals surface area (Å²) in [6.45, 7) is 5.36. The monoisotopic (exact) mass is 509 g/mol. The highest BCUT2D eigenvalue weighted by Gasteiger charge is 2.48. The summed E-state index contributed by atoms with van der Waals surface area (Å²) >= 11 is 0. The van der Waals surface area contributed by atoms with E-state index in [9.17, 15) is 0 Å². The largest absolute Gasteiger partial charge is 0.496 e. The van der Waals surface area contributed by atoms with E-state index >= 15 is 0 Å². The van der Waals surface area contributed by atoms with Gasteiger partial charge in [0.2, 0.25) is 11.8 Å². The highest BCUT2D eigenvalue weighted by molar-refractivity contribution is 6.04. The topological polar surface area (TPSA) is 124 Å². The number of methoxy groups -OCH3 is 1. The van der Waals surface area contributed by atoms with Crippen molar-refractivity contribution in [3.05, 3.63) is 47.2 Å². The van der Waals surface area contributed by atoms with Crippen molar-refractivity contribution < 1.29 is 9.47 Å². The Hall–Kier alpha value is -4.11. The third-order valence-corrected chi connectivity index (χ3v) is 8.22. The molecule has 4 heterocycles. The van der Waals surface area contributed by atoms with Gasteiger partial charge in [-0.3, -0.25) is 0 Å². The van der Waals surface area contributed by atoms with Crippen LogP contribution >= 0.6 is 0 Å². The van der Waals surface area contributed by atoms with Crippen LogP contribution in [0.1, 0.15) is 29.5 Å². The van der Waals surface area contributed by atoms with E-state index in [1.54, 1.807) is 7.11 Å². The molecule has 1 fully saturated rings. The number of hydrogen-bond donors (Lipinski definition) is 3. The van der Waals surface area contributed by atoms with Crippen molar-refractivity contribution in [3.63, 3.8) is 0 Å². The van der Waals surface area contributed by atoms with Crippen LogP contribution in [0.2, 0.25) is 0 Å². The molecular weight excluding hydrogens is 478 g/mol. The Bertz CT molecular complexity index is 1630. The number of benzene rings is 2. The van der Waals surface area contributed by atoms with Crippen LogP contribution in [-0.4, -0.2) is 53.7 Å². The average molecular weight is 510 g/mol. The lowest BCUT2D eigenvalue weighted by Crippen LogP contribution is -2.35. The van der Waals surface area contributed by atoms with E-state index in [0.29, 0.717) is 29.4 Å². The highest BCUT2D eigenvalue weighted by Crippen LogP contribution is 2.54. The first-order valence-corrected chi connectivity index (χ1v) is 13.0. The number of likely N-dealkylation sites (N-methyl/N-ethyl adjacent to an activating group) is 1. The summed E-state index contributed by atoms with van der Waals surface area (Å²) in [6, 6.07) is 8.38. The van der Waals surface area contributed by atoms with Gasteiger partial charge in [0, 0.05) is 53.4 Å². The SMILES string of the molecule is COc1cc2c(cc1-c1nc(N)nc3cc(-c4cnc5c(c4C)NCCO5)cc(N)c13)CN(C)CC21CC1. The lowest BCUT2D eigenvalue weighted by Gasteiger charge is -2.33. The van der Waals surface area contributed by atoms with Gasteiger partial charge in [0.05, 0.1) is 18.3 Å². The lowest BCUT2D eigenvalue weighted by atomic mass is 9.85. The van der Waals surface area contributed by atoms with Gasteiger partial charge in [-0.25, -0.2) is 15.0 Å². The molecule has 9 heteroatoms. The van der Waals surface area contributed by atoms with Crippen LogP contribution in [0.5, 0.6) is 11.6 Å². The van der Waals surface area contributed by atoms with Crippen molar-refractivity contribution in [1.82, 2.24) is 19.9 Å². The molecule has 4 aromatic rings. The molecule has 1 saturated carbocycles. The second-order valence-corrected chi connectivity index (χ2v) is 10.8. The number of pyridine rings is 1. The van der Waals surface area contributed by atoms with Gasteiger partial charge in [0.15, 0.2) is 0 Å². The standard InChI is InChI=1S/C29H31N7O2/c1-15-19(12-33-27-25(15)32-6-7-38-27)16-9-21(30)24-22(10-16)34-28(31)35-26(24)18-8-17-13-36(2)14-29(4-5-29)20(17)11-23(18)37-3/h8-12,32H,4-7,13-14,30H2,1-3H3,(H2,31,34,35). The number of hydrogen-bond acceptors (Lipinski definition) is 9. The Morgan fingerprint density at radius 2 is 1.95 bits per heavy atom. The lowest BCUT2D eigenvalue weighted by molar-refractivity contribution is 0.270. The molecule has 194 valence electrons. The van der Waals surface area contributed by atoms with Crippen LogP contribution < -0.4 is 26.3 Å². The maximum atomic E-state index is 6.74. The number of fused-ring (bicyclic) bond motifs is 4. The zero-order chi connectivity index (χ0) is 26.2. The molecule has 2 aliphatic heterocycles. The van der Waals surface area contributed by atoms with Crippen LogP contribution in [0.15, 0.2) is 30.5 Å². The fraction of sp³-hybridized carbons (Fsp3) is 0.345. The van der Waals surface area contributed by atoms with Gasteiger partial charge >= 0.3 is 0 Å². The van der Waals surface area contributed by atoms with Crippen LogP contribution in [0.3, 0.4) is 0 Å². The third kappa shape index (κ3) is 3.45. The zero-order valence-electron chi connectivity index (χ0n) is 21.9. The first-order valence-electron chi connectivity index (χ1n) is 13.0. The van der Waals surface area contributed by atoms with Crippen LogP contribution in [0, 0.1) is 6.92 Å². The quantitative estimate of drug-likeness (QED) is 0.350. The summed E-state index contributed by atoms with van der Waals surface area (Å²) in [5.74, 6) is 1.59. The Morgan fingerprint density at radius 3 is 2.74 bits per heavy atom. The van der Waals surface area contributed by atoms with Crippen LogP contribution in [0.4, 0.5) is 17.3 Å². The number of ether oxygens (including phenoxy) is 2. The van der Waals surface area contributed by atoms with Crippen molar-refractivity contribution in [2.45, 2.75) is 31.7 Å². The minimum atomic E-state index is 0.190. The molecule has 2 aromatic heterocycles. The Balaban J connectivity index is 1.41. The molecule has 0 unspecified atom stereocenters. The number of anilines is 3. The molecule has 7 rings (SSSR count). The number of rotatable bonds is 3. The average Bonchev–Trinajstić information content (AvgIpc) is 3.67. The normalized spacial score (nSPS) is 17.4. The van der Waals surface area contributed by atoms with Gasteiger partial charge in [0.25, 0.3) is 0 Å². The summed E-state index contributed by atoms with van der Waals surface area (Å²) in [5.41, 5.74) is 22.6. The van der Waals surface area contributed by atoms with Gasteiger partial charge in [-0.1, -0.05) is 0 Å². The smallest absolute Gasteiger partial charge is 0.237 e. The molecule has 1 aliphatic carbocycles. The Kier molecular flexibility index (Phi) is 4.97. The van der Waals surface area contributed by atoms with E-state index in [-0.39, 0.29) is 11.4 Å². The molecular formula is C29H31N7O2. The Morgan fingerprint density at radius 1 is 1.11 bits per heavy atom. The number of nitrogens with one attached hydrogen (secondary N) is 1. The van der Waals surface area contributed by atoms with E-state index in [2.05, 4.69) is 46.3 Å². The summed E-state index contributed by atoms with van der Waals surface area (Å²) in [4.78, 5) is 16.2. The minimum absolute atomic E-state index is 0.190. The van der Waals surface area contributed by atoms with Gasteiger partial charge < -0.3 is 31.2 Å². The second kappa shape index (κ2) is 8.19. The molecule has 0 saturated heterocycles. The predicted molar refractivity (Wildman–Crippen MR) is 150 cm³/mol. The van der Waals surface area contributed by atoms with Crippen molar-refractivity contribution in [2.24, 2.45) is 0 Å². The molecule has 0 radical (unpaired) electrons. The molecule has 1 spiro atoms. The van der Waals surface area contributed by atoms with E-state index < -0.39 is 0 Å². The van der Waals surface area contributed by atoms with E-state index in [1.165, 1.54) is 24.0 Å². The van der Waals surface area contributed by atoms with Crippen molar-refractivity contribution in [2.75, 3.05) is 50.6 Å². The zero-order valence-corrected chi connectivity index (χ0v) is 21.9. The number of nitrogens with zero attached hydrogens (tertiary/aromatic N) is 4. The summed E-state index contributed by atoms with van der Waals surface area (Å²) in [7, 11) is 3.89. The Labute approximate surface area is 221 Å². The third-order valence-electron chi connectivity index (χ3n) is 8.22. The predicted octanol–water partition coefficient (Wildman–Crippen LogP) is 4.12. The second-order valence-electron chi connectivity index (χ2n) is 10.8. The van der Waals surface area contributed by atoms with Crippen molar-refractivity contribution in [1.29, 1.82) is 0 Å². The first kappa shape index (κ1) is 23.0. The van der Waals surface area contributed by atoms with Crippen molar-refractivity contribution in [3.8, 4) is 34.0 Å². The molecule has 38 heavy (non-hydrogen) atoms. The van der Waals surface area contributed by atoms with Crippen LogP contribution in [-0.2, 0) is 12.0 Å². The molecule has 5 N–H and O–H groups in total. The molecule has 3 aliphatic rings. The van der Waals surface area contributed by atoms with Crippen LogP contribution in [0.25, 0.3) is 33.3 Å². The van der Waals surface area contributed by atoms with Gasteiger partial charge in [-0.15, -0.1) is 0 Å². The molecule has 0 atom stereocenters. The fourth-order valence-corrected chi connectivity index (χ4v) is 6.31. The fourth-order valence-electron chi connectivity index (χ4n) is 6.31. The molecule has 9 nitrogen and oxygen atoms in total. The van der Waals surface area contributed by atoms with E-state index in [1.807, 2.05) is 18.3 Å². The maximum absolute atomic E-state index is 6.74. The number of nitrogens with two attached hydrogens (primary N) is 2. The van der Waals surface area contributed by atoms with Crippen molar-refractivity contribution >= 4 is 28.2 Å². The number of nitrogen functional groups attached to an aromatic ring is 2. The van der Waals surface area contributed by atoms with Gasteiger partial charge in [-0.2, -0.15) is 0 Å². The molecule has 2 aromatic carbocycles. The summed E-state index contributed by atoms with van der Waals surface area (Å²) < 4.78 is 11.6. The van der Waals surface area contributed by atoms with E-state index in [0.717, 1.165) is 58.7 Å². The maximum Gasteiger partial charge on any atom is 0.237 e. The molecule has 0 bridgehead atoms. The van der Waals surface area contributed by atoms with Gasteiger partial charge in [0.1, 0.15) is 18.0 Å². The molecule has 0 amide bonds. The summed E-state index contributed by atoms with van der Waals surface area (Å²) in [6.07, 6.45) is 4.25. The summed E-state index contributed by atoms with van der Waals surface area (Å²) in [5, 5.41) is 4.16.